The Morgan fingerprint density at radius 2 is 2.10 bits per heavy atom. The van der Waals surface area contributed by atoms with Crippen molar-refractivity contribution in [1.82, 2.24) is 9.55 Å². The summed E-state index contributed by atoms with van der Waals surface area (Å²) in [6.07, 6.45) is 0. The molecule has 0 aliphatic carbocycles. The molecule has 0 amide bonds. The molecule has 2 aromatic carbocycles. The first kappa shape index (κ1) is 13.9. The van der Waals surface area contributed by atoms with E-state index in [0.717, 1.165) is 16.8 Å². The first-order chi connectivity index (χ1) is 10.0. The van der Waals surface area contributed by atoms with Gasteiger partial charge in [-0.15, -0.1) is 0 Å². The zero-order valence-electron chi connectivity index (χ0n) is 11.5. The van der Waals surface area contributed by atoms with Crippen molar-refractivity contribution in [3.63, 3.8) is 0 Å². The fourth-order valence-corrected chi connectivity index (χ4v) is 2.72. The first-order valence-electron chi connectivity index (χ1n) is 6.30. The molecule has 0 saturated heterocycles. The molecule has 3 aromatic rings. The quantitative estimate of drug-likeness (QED) is 0.764. The van der Waals surface area contributed by atoms with Crippen molar-refractivity contribution < 1.29 is 9.13 Å². The van der Waals surface area contributed by atoms with Gasteiger partial charge in [-0.25, -0.2) is 9.37 Å². The van der Waals surface area contributed by atoms with Crippen molar-refractivity contribution in [3.8, 4) is 11.4 Å². The number of nitrogens with zero attached hydrogens (tertiary/aromatic N) is 2. The van der Waals surface area contributed by atoms with Crippen LogP contribution in [0, 0.1) is 12.7 Å². The van der Waals surface area contributed by atoms with E-state index in [2.05, 4.69) is 20.9 Å². The Hall–Kier alpha value is -2.08. The van der Waals surface area contributed by atoms with Gasteiger partial charge in [0.25, 0.3) is 0 Å². The van der Waals surface area contributed by atoms with Gasteiger partial charge in [0.15, 0.2) is 0 Å². The summed E-state index contributed by atoms with van der Waals surface area (Å²) in [6.45, 7) is 1.83. The van der Waals surface area contributed by atoms with Crippen LogP contribution in [0.5, 0.6) is 5.75 Å². The monoisotopic (exact) mass is 349 g/mol. The topological polar surface area (TPSA) is 53.1 Å². The number of aromatic nitrogens is 2. The Morgan fingerprint density at radius 1 is 1.33 bits per heavy atom. The third kappa shape index (κ3) is 2.15. The van der Waals surface area contributed by atoms with Gasteiger partial charge in [-0.2, -0.15) is 0 Å². The van der Waals surface area contributed by atoms with Crippen LogP contribution in [-0.2, 0) is 0 Å². The highest BCUT2D eigenvalue weighted by Crippen LogP contribution is 2.32. The predicted molar refractivity (Wildman–Crippen MR) is 84.4 cm³/mol. The molecule has 1 heterocycles. The molecular formula is C15H13BrFN3O. The fraction of sp³-hybridized carbons (Fsp3) is 0.133. The van der Waals surface area contributed by atoms with Crippen molar-refractivity contribution in [2.75, 3.05) is 12.8 Å². The third-order valence-electron chi connectivity index (χ3n) is 3.37. The van der Waals surface area contributed by atoms with Crippen LogP contribution < -0.4 is 10.5 Å². The molecule has 1 aromatic heterocycles. The zero-order chi connectivity index (χ0) is 15.1. The fourth-order valence-electron chi connectivity index (χ4n) is 2.39. The number of fused-ring (bicyclic) bond motifs is 1. The maximum absolute atomic E-state index is 13.6. The molecule has 0 radical (unpaired) electrons. The molecule has 0 fully saturated rings. The number of anilines is 1. The number of para-hydroxylation sites is 1. The van der Waals surface area contributed by atoms with Crippen molar-refractivity contribution in [3.05, 3.63) is 46.2 Å². The van der Waals surface area contributed by atoms with Gasteiger partial charge in [0.1, 0.15) is 17.1 Å². The standard InChI is InChI=1S/C15H13BrFN3O/c1-8-6-10(17)9(16)7-12(8)20-11-4-3-5-13(21-2)14(11)19-15(20)18/h3-7H,1-2H3,(H2,18,19). The van der Waals surface area contributed by atoms with E-state index in [1.54, 1.807) is 17.7 Å². The van der Waals surface area contributed by atoms with Crippen LogP contribution in [0.4, 0.5) is 10.3 Å². The minimum Gasteiger partial charge on any atom is -0.494 e. The molecule has 0 bridgehead atoms. The molecule has 0 unspecified atom stereocenters. The highest BCUT2D eigenvalue weighted by Gasteiger charge is 2.16. The zero-order valence-corrected chi connectivity index (χ0v) is 13.1. The van der Waals surface area contributed by atoms with E-state index in [1.165, 1.54) is 6.07 Å². The highest BCUT2D eigenvalue weighted by atomic mass is 79.9. The molecule has 108 valence electrons. The van der Waals surface area contributed by atoms with Gasteiger partial charge in [0.2, 0.25) is 5.95 Å². The lowest BCUT2D eigenvalue weighted by atomic mass is 10.2. The second kappa shape index (κ2) is 5.04. The van der Waals surface area contributed by atoms with E-state index in [9.17, 15) is 4.39 Å². The van der Waals surface area contributed by atoms with E-state index in [1.807, 2.05) is 25.1 Å². The second-order valence-electron chi connectivity index (χ2n) is 4.69. The van der Waals surface area contributed by atoms with E-state index in [0.29, 0.717) is 21.7 Å². The number of benzene rings is 2. The predicted octanol–water partition coefficient (Wildman–Crippen LogP) is 3.83. The lowest BCUT2D eigenvalue weighted by molar-refractivity contribution is 0.419. The molecule has 2 N–H and O–H groups in total. The van der Waals surface area contributed by atoms with E-state index < -0.39 is 0 Å². The number of nitrogens with two attached hydrogens (primary N) is 1. The Kier molecular flexibility index (Phi) is 3.33. The number of hydrogen-bond acceptors (Lipinski definition) is 3. The molecule has 0 aliphatic rings. The van der Waals surface area contributed by atoms with Crippen molar-refractivity contribution >= 4 is 32.9 Å². The highest BCUT2D eigenvalue weighted by molar-refractivity contribution is 9.10. The molecule has 0 atom stereocenters. The van der Waals surface area contributed by atoms with Crippen molar-refractivity contribution in [2.24, 2.45) is 0 Å². The van der Waals surface area contributed by atoms with Gasteiger partial charge in [0.05, 0.1) is 22.8 Å². The molecule has 6 heteroatoms. The number of ether oxygens (including phenoxy) is 1. The maximum Gasteiger partial charge on any atom is 0.206 e. The number of hydrogen-bond donors (Lipinski definition) is 1. The summed E-state index contributed by atoms with van der Waals surface area (Å²) in [5.74, 6) is 0.671. The maximum atomic E-state index is 13.6. The normalized spacial score (nSPS) is 11.0. The van der Waals surface area contributed by atoms with E-state index in [4.69, 9.17) is 10.5 Å². The Labute approximate surface area is 129 Å². The summed E-state index contributed by atoms with van der Waals surface area (Å²) in [5.41, 5.74) is 9.09. The van der Waals surface area contributed by atoms with Gasteiger partial charge in [-0.3, -0.25) is 4.57 Å². The van der Waals surface area contributed by atoms with Crippen LogP contribution in [0.25, 0.3) is 16.7 Å². The van der Waals surface area contributed by atoms with Gasteiger partial charge in [0, 0.05) is 0 Å². The molecule has 0 saturated carbocycles. The largest absolute Gasteiger partial charge is 0.494 e. The Balaban J connectivity index is 2.36. The molecule has 3 rings (SSSR count). The van der Waals surface area contributed by atoms with Crippen LogP contribution in [-0.4, -0.2) is 16.7 Å². The number of rotatable bonds is 2. The second-order valence-corrected chi connectivity index (χ2v) is 5.54. The number of imidazole rings is 1. The number of methoxy groups -OCH3 is 1. The molecule has 0 aliphatic heterocycles. The van der Waals surface area contributed by atoms with Gasteiger partial charge in [-0.05, 0) is 52.7 Å². The number of halogens is 2. The van der Waals surface area contributed by atoms with Gasteiger partial charge >= 0.3 is 0 Å². The molecule has 21 heavy (non-hydrogen) atoms. The van der Waals surface area contributed by atoms with Crippen LogP contribution in [0.2, 0.25) is 0 Å². The van der Waals surface area contributed by atoms with Gasteiger partial charge < -0.3 is 10.5 Å². The first-order valence-corrected chi connectivity index (χ1v) is 7.09. The van der Waals surface area contributed by atoms with Crippen LogP contribution in [0.1, 0.15) is 5.56 Å². The number of nitrogen functional groups attached to an aromatic ring is 1. The smallest absolute Gasteiger partial charge is 0.206 e. The van der Waals surface area contributed by atoms with Crippen molar-refractivity contribution in [2.45, 2.75) is 6.92 Å². The molecule has 0 spiro atoms. The summed E-state index contributed by atoms with van der Waals surface area (Å²) >= 11 is 3.21. The molecule has 4 nitrogen and oxygen atoms in total. The summed E-state index contributed by atoms with van der Waals surface area (Å²) in [7, 11) is 1.59. The lowest BCUT2D eigenvalue weighted by Gasteiger charge is -2.11. The van der Waals surface area contributed by atoms with Crippen LogP contribution in [0.3, 0.4) is 0 Å². The van der Waals surface area contributed by atoms with Gasteiger partial charge in [-0.1, -0.05) is 6.07 Å². The van der Waals surface area contributed by atoms with Crippen LogP contribution >= 0.6 is 15.9 Å². The van der Waals surface area contributed by atoms with Crippen LogP contribution in [0.15, 0.2) is 34.8 Å². The minimum absolute atomic E-state index is 0.308. The van der Waals surface area contributed by atoms with E-state index in [-0.39, 0.29) is 5.82 Å². The summed E-state index contributed by atoms with van der Waals surface area (Å²) < 4.78 is 21.1. The van der Waals surface area contributed by atoms with Crippen molar-refractivity contribution in [1.29, 1.82) is 0 Å². The average Bonchev–Trinajstić information content (AvgIpc) is 2.79. The Morgan fingerprint density at radius 3 is 2.81 bits per heavy atom. The lowest BCUT2D eigenvalue weighted by Crippen LogP contribution is -2.03. The SMILES string of the molecule is COc1cccc2c1nc(N)n2-c1cc(Br)c(F)cc1C. The summed E-state index contributed by atoms with van der Waals surface area (Å²) in [4.78, 5) is 4.36. The molecular weight excluding hydrogens is 337 g/mol. The third-order valence-corrected chi connectivity index (χ3v) is 3.98. The average molecular weight is 350 g/mol. The number of aryl methyl sites for hydroxylation is 1. The van der Waals surface area contributed by atoms with E-state index >= 15 is 0 Å². The summed E-state index contributed by atoms with van der Waals surface area (Å²) in [5, 5.41) is 0. The Bertz CT molecular complexity index is 845. The summed E-state index contributed by atoms with van der Waals surface area (Å²) in [6, 6.07) is 8.75. The minimum atomic E-state index is -0.308.